The van der Waals surface area contributed by atoms with Crippen molar-refractivity contribution >= 4 is 29.3 Å². The van der Waals surface area contributed by atoms with Gasteiger partial charge >= 0.3 is 0 Å². The molecule has 1 fully saturated rings. The summed E-state index contributed by atoms with van der Waals surface area (Å²) in [7, 11) is 0. The molecule has 3 rings (SSSR count). The Morgan fingerprint density at radius 1 is 1.13 bits per heavy atom. The van der Waals surface area contributed by atoms with E-state index in [-0.39, 0.29) is 11.8 Å². The lowest BCUT2D eigenvalue weighted by atomic mass is 10.2. The van der Waals surface area contributed by atoms with Gasteiger partial charge in [-0.15, -0.1) is 11.8 Å². The molecule has 1 N–H and O–H groups in total. The van der Waals surface area contributed by atoms with Crippen LogP contribution in [-0.2, 0) is 4.79 Å². The topological polar surface area (TPSA) is 49.4 Å². The molecule has 0 spiro atoms. The number of anilines is 1. The summed E-state index contributed by atoms with van der Waals surface area (Å²) in [4.78, 5) is 27.6. The SMILES string of the molecule is CSc1ccccc1C(=O)N[C@H]1CCN(c2ccccc2)C1=O. The maximum Gasteiger partial charge on any atom is 0.253 e. The second-order valence-electron chi connectivity index (χ2n) is 5.34. The quantitative estimate of drug-likeness (QED) is 0.879. The molecule has 0 aliphatic carbocycles. The molecule has 1 saturated heterocycles. The molecule has 0 aromatic heterocycles. The van der Waals surface area contributed by atoms with Gasteiger partial charge in [0.25, 0.3) is 5.91 Å². The van der Waals surface area contributed by atoms with Crippen molar-refractivity contribution in [2.24, 2.45) is 0 Å². The van der Waals surface area contributed by atoms with Gasteiger partial charge in [-0.2, -0.15) is 0 Å². The highest BCUT2D eigenvalue weighted by atomic mass is 32.2. The molecule has 1 aliphatic heterocycles. The molecule has 23 heavy (non-hydrogen) atoms. The normalized spacial score (nSPS) is 17.3. The average molecular weight is 326 g/mol. The molecule has 0 unspecified atom stereocenters. The monoisotopic (exact) mass is 326 g/mol. The summed E-state index contributed by atoms with van der Waals surface area (Å²) in [5.74, 6) is -0.241. The molecule has 2 aromatic carbocycles. The van der Waals surface area contributed by atoms with Gasteiger partial charge in [0.2, 0.25) is 5.91 Å². The molecule has 4 nitrogen and oxygen atoms in total. The van der Waals surface area contributed by atoms with Gasteiger partial charge in [0, 0.05) is 17.1 Å². The van der Waals surface area contributed by atoms with E-state index >= 15 is 0 Å². The van der Waals surface area contributed by atoms with Crippen molar-refractivity contribution in [2.75, 3.05) is 17.7 Å². The number of thioether (sulfide) groups is 1. The summed E-state index contributed by atoms with van der Waals surface area (Å²) in [6.45, 7) is 0.623. The number of rotatable bonds is 4. The summed E-state index contributed by atoms with van der Waals surface area (Å²) in [6, 6.07) is 16.5. The highest BCUT2D eigenvalue weighted by molar-refractivity contribution is 7.98. The Bertz CT molecular complexity index is 718. The van der Waals surface area contributed by atoms with Crippen LogP contribution in [0.25, 0.3) is 0 Å². The third-order valence-corrected chi connectivity index (χ3v) is 4.73. The zero-order valence-corrected chi connectivity index (χ0v) is 13.7. The molecule has 1 aliphatic rings. The second kappa shape index (κ2) is 6.87. The van der Waals surface area contributed by atoms with Crippen LogP contribution in [0.4, 0.5) is 5.69 Å². The van der Waals surface area contributed by atoms with Gasteiger partial charge < -0.3 is 10.2 Å². The number of carbonyl (C=O) groups is 2. The number of hydrogen-bond acceptors (Lipinski definition) is 3. The maximum atomic E-state index is 12.5. The Kier molecular flexibility index (Phi) is 4.67. The van der Waals surface area contributed by atoms with Crippen molar-refractivity contribution in [2.45, 2.75) is 17.4 Å². The van der Waals surface area contributed by atoms with Crippen molar-refractivity contribution in [1.82, 2.24) is 5.32 Å². The van der Waals surface area contributed by atoms with Crippen LogP contribution in [0.2, 0.25) is 0 Å². The standard InChI is InChI=1S/C18H18N2O2S/c1-23-16-10-6-5-9-14(16)17(21)19-15-11-12-20(18(15)22)13-7-3-2-4-8-13/h2-10,15H,11-12H2,1H3,(H,19,21)/t15-/m0/s1. The van der Waals surface area contributed by atoms with Crippen LogP contribution in [0.5, 0.6) is 0 Å². The molecule has 2 amide bonds. The fourth-order valence-corrected chi connectivity index (χ4v) is 3.34. The molecular weight excluding hydrogens is 308 g/mol. The minimum absolute atomic E-state index is 0.0498. The maximum absolute atomic E-state index is 12.5. The zero-order chi connectivity index (χ0) is 16.2. The number of hydrogen-bond donors (Lipinski definition) is 1. The van der Waals surface area contributed by atoms with Crippen molar-refractivity contribution in [1.29, 1.82) is 0 Å². The smallest absolute Gasteiger partial charge is 0.253 e. The molecule has 118 valence electrons. The van der Waals surface area contributed by atoms with E-state index in [2.05, 4.69) is 5.32 Å². The Morgan fingerprint density at radius 3 is 2.57 bits per heavy atom. The first-order valence-electron chi connectivity index (χ1n) is 7.51. The van der Waals surface area contributed by atoms with E-state index in [9.17, 15) is 9.59 Å². The number of carbonyl (C=O) groups excluding carboxylic acids is 2. The van der Waals surface area contributed by atoms with Crippen LogP contribution in [0, 0.1) is 0 Å². The number of amides is 2. The Balaban J connectivity index is 1.72. The molecule has 1 atom stereocenters. The fourth-order valence-electron chi connectivity index (χ4n) is 2.75. The minimum Gasteiger partial charge on any atom is -0.340 e. The third kappa shape index (κ3) is 3.24. The van der Waals surface area contributed by atoms with E-state index in [1.165, 1.54) is 11.8 Å². The van der Waals surface area contributed by atoms with E-state index in [4.69, 9.17) is 0 Å². The summed E-state index contributed by atoms with van der Waals surface area (Å²) >= 11 is 1.52. The second-order valence-corrected chi connectivity index (χ2v) is 6.19. The molecule has 0 saturated carbocycles. The summed E-state index contributed by atoms with van der Waals surface area (Å²) in [6.07, 6.45) is 2.56. The number of para-hydroxylation sites is 1. The van der Waals surface area contributed by atoms with E-state index in [0.717, 1.165) is 10.6 Å². The van der Waals surface area contributed by atoms with Crippen molar-refractivity contribution in [3.63, 3.8) is 0 Å². The van der Waals surface area contributed by atoms with Gasteiger partial charge in [0.05, 0.1) is 5.56 Å². The van der Waals surface area contributed by atoms with Crippen molar-refractivity contribution in [3.8, 4) is 0 Å². The Morgan fingerprint density at radius 2 is 1.83 bits per heavy atom. The number of nitrogens with one attached hydrogen (secondary N) is 1. The molecule has 2 aromatic rings. The zero-order valence-electron chi connectivity index (χ0n) is 12.9. The van der Waals surface area contributed by atoms with Crippen LogP contribution in [0.3, 0.4) is 0 Å². The van der Waals surface area contributed by atoms with Crippen LogP contribution in [0.1, 0.15) is 16.8 Å². The minimum atomic E-state index is -0.461. The van der Waals surface area contributed by atoms with E-state index < -0.39 is 6.04 Å². The lowest BCUT2D eigenvalue weighted by Crippen LogP contribution is -2.41. The van der Waals surface area contributed by atoms with Gasteiger partial charge in [-0.3, -0.25) is 9.59 Å². The number of benzene rings is 2. The summed E-state index contributed by atoms with van der Waals surface area (Å²) in [5, 5.41) is 2.88. The van der Waals surface area contributed by atoms with E-state index in [1.807, 2.05) is 54.8 Å². The van der Waals surface area contributed by atoms with Crippen LogP contribution >= 0.6 is 11.8 Å². The van der Waals surface area contributed by atoms with Crippen molar-refractivity contribution in [3.05, 3.63) is 60.2 Å². The first-order valence-corrected chi connectivity index (χ1v) is 8.73. The van der Waals surface area contributed by atoms with Gasteiger partial charge in [0.1, 0.15) is 6.04 Å². The first kappa shape index (κ1) is 15.6. The molecule has 0 radical (unpaired) electrons. The summed E-state index contributed by atoms with van der Waals surface area (Å²) in [5.41, 5.74) is 1.49. The van der Waals surface area contributed by atoms with Gasteiger partial charge in [-0.1, -0.05) is 30.3 Å². The highest BCUT2D eigenvalue weighted by Crippen LogP contribution is 2.23. The third-order valence-electron chi connectivity index (χ3n) is 3.93. The average Bonchev–Trinajstić information content (AvgIpc) is 2.96. The van der Waals surface area contributed by atoms with Crippen molar-refractivity contribution < 1.29 is 9.59 Å². The molecule has 0 bridgehead atoms. The molecule has 1 heterocycles. The first-order chi connectivity index (χ1) is 11.2. The molecule has 5 heteroatoms. The van der Waals surface area contributed by atoms with E-state index in [1.54, 1.807) is 11.0 Å². The lowest BCUT2D eigenvalue weighted by Gasteiger charge is -2.17. The van der Waals surface area contributed by atoms with E-state index in [0.29, 0.717) is 18.5 Å². The fraction of sp³-hybridized carbons (Fsp3) is 0.222. The molecular formula is C18H18N2O2S. The lowest BCUT2D eigenvalue weighted by molar-refractivity contribution is -0.118. The highest BCUT2D eigenvalue weighted by Gasteiger charge is 2.33. The Hall–Kier alpha value is -2.27. The summed E-state index contributed by atoms with van der Waals surface area (Å²) < 4.78 is 0. The van der Waals surface area contributed by atoms with Gasteiger partial charge in [0.15, 0.2) is 0 Å². The van der Waals surface area contributed by atoms with Gasteiger partial charge in [-0.25, -0.2) is 0 Å². The van der Waals surface area contributed by atoms with Gasteiger partial charge in [-0.05, 0) is 36.9 Å². The Labute approximate surface area is 139 Å². The predicted octanol–water partition coefficient (Wildman–Crippen LogP) is 2.94. The van der Waals surface area contributed by atoms with Crippen LogP contribution < -0.4 is 10.2 Å². The predicted molar refractivity (Wildman–Crippen MR) is 92.9 cm³/mol. The number of nitrogens with zero attached hydrogens (tertiary/aromatic N) is 1. The van der Waals surface area contributed by atoms with Crippen LogP contribution in [-0.4, -0.2) is 30.7 Å². The van der Waals surface area contributed by atoms with Crippen LogP contribution in [0.15, 0.2) is 59.5 Å². The largest absolute Gasteiger partial charge is 0.340 e.